The van der Waals surface area contributed by atoms with Gasteiger partial charge in [-0.1, -0.05) is 12.1 Å². The summed E-state index contributed by atoms with van der Waals surface area (Å²) in [6, 6.07) is 10.6. The SMILES string of the molecule is CCn1nc(C)cc1Cn1ccnc1-c1cccc(I)c1. The van der Waals surface area contributed by atoms with E-state index in [0.29, 0.717) is 0 Å². The second kappa shape index (κ2) is 6.01. The van der Waals surface area contributed by atoms with Crippen molar-refractivity contribution < 1.29 is 0 Å². The highest BCUT2D eigenvalue weighted by atomic mass is 127. The summed E-state index contributed by atoms with van der Waals surface area (Å²) in [7, 11) is 0. The third-order valence-electron chi connectivity index (χ3n) is 3.42. The van der Waals surface area contributed by atoms with Crippen molar-refractivity contribution in [2.24, 2.45) is 0 Å². The molecule has 0 aliphatic carbocycles. The van der Waals surface area contributed by atoms with Gasteiger partial charge in [0.1, 0.15) is 5.82 Å². The Kier molecular flexibility index (Phi) is 4.10. The van der Waals surface area contributed by atoms with Gasteiger partial charge in [-0.2, -0.15) is 5.10 Å². The van der Waals surface area contributed by atoms with E-state index in [1.54, 1.807) is 0 Å². The summed E-state index contributed by atoms with van der Waals surface area (Å²) in [5, 5.41) is 4.51. The van der Waals surface area contributed by atoms with E-state index in [2.05, 4.69) is 74.5 Å². The molecule has 1 aromatic carbocycles. The summed E-state index contributed by atoms with van der Waals surface area (Å²) in [4.78, 5) is 4.52. The minimum atomic E-state index is 0.787. The van der Waals surface area contributed by atoms with E-state index in [0.717, 1.165) is 30.2 Å². The van der Waals surface area contributed by atoms with Gasteiger partial charge in [-0.05, 0) is 54.6 Å². The first kappa shape index (κ1) is 14.3. The van der Waals surface area contributed by atoms with Crippen molar-refractivity contribution in [1.29, 1.82) is 0 Å². The topological polar surface area (TPSA) is 35.6 Å². The van der Waals surface area contributed by atoms with Crippen LogP contribution in [0.1, 0.15) is 18.3 Å². The Morgan fingerprint density at radius 1 is 1.24 bits per heavy atom. The van der Waals surface area contributed by atoms with Crippen LogP contribution in [0.15, 0.2) is 42.7 Å². The number of imidazole rings is 1. The summed E-state index contributed by atoms with van der Waals surface area (Å²) in [6.07, 6.45) is 3.88. The highest BCUT2D eigenvalue weighted by Crippen LogP contribution is 2.21. The Balaban J connectivity index is 1.96. The lowest BCUT2D eigenvalue weighted by Gasteiger charge is -2.09. The second-order valence-electron chi connectivity index (χ2n) is 4.98. The first-order valence-electron chi connectivity index (χ1n) is 6.97. The maximum Gasteiger partial charge on any atom is 0.140 e. The fraction of sp³-hybridized carbons (Fsp3) is 0.250. The summed E-state index contributed by atoms with van der Waals surface area (Å²) < 4.78 is 5.44. The van der Waals surface area contributed by atoms with Crippen molar-refractivity contribution in [2.45, 2.75) is 26.9 Å². The third kappa shape index (κ3) is 3.02. The van der Waals surface area contributed by atoms with Gasteiger partial charge in [0.05, 0.1) is 17.9 Å². The summed E-state index contributed by atoms with van der Waals surface area (Å²) in [5.41, 5.74) is 3.41. The minimum Gasteiger partial charge on any atom is -0.325 e. The molecule has 0 unspecified atom stereocenters. The molecule has 0 aliphatic heterocycles. The van der Waals surface area contributed by atoms with E-state index in [9.17, 15) is 0 Å². The molecule has 3 aromatic rings. The molecule has 2 heterocycles. The van der Waals surface area contributed by atoms with Crippen LogP contribution in [0.25, 0.3) is 11.4 Å². The standard InChI is InChI=1S/C16H17IN4/c1-3-21-15(9-12(2)19-21)11-20-8-7-18-16(20)13-5-4-6-14(17)10-13/h4-10H,3,11H2,1-2H3. The molecule has 0 saturated carbocycles. The molecule has 0 spiro atoms. The first-order chi connectivity index (χ1) is 10.2. The Labute approximate surface area is 138 Å². The number of aromatic nitrogens is 4. The molecule has 0 radical (unpaired) electrons. The molecule has 3 rings (SSSR count). The van der Waals surface area contributed by atoms with Crippen molar-refractivity contribution in [2.75, 3.05) is 0 Å². The average Bonchev–Trinajstić information content (AvgIpc) is 3.05. The average molecular weight is 392 g/mol. The fourth-order valence-electron chi connectivity index (χ4n) is 2.50. The van der Waals surface area contributed by atoms with Gasteiger partial charge in [0.2, 0.25) is 0 Å². The lowest BCUT2D eigenvalue weighted by Crippen LogP contribution is -2.08. The summed E-state index contributed by atoms with van der Waals surface area (Å²) in [5.74, 6) is 0.995. The monoisotopic (exact) mass is 392 g/mol. The Hall–Kier alpha value is -1.63. The van der Waals surface area contributed by atoms with Crippen LogP contribution in [0.5, 0.6) is 0 Å². The van der Waals surface area contributed by atoms with E-state index in [1.807, 2.05) is 24.0 Å². The Morgan fingerprint density at radius 3 is 2.86 bits per heavy atom. The zero-order valence-electron chi connectivity index (χ0n) is 12.1. The van der Waals surface area contributed by atoms with Crippen LogP contribution in [-0.4, -0.2) is 19.3 Å². The van der Waals surface area contributed by atoms with E-state index >= 15 is 0 Å². The zero-order chi connectivity index (χ0) is 14.8. The van der Waals surface area contributed by atoms with Gasteiger partial charge in [0.15, 0.2) is 0 Å². The van der Waals surface area contributed by atoms with Crippen molar-refractivity contribution in [3.63, 3.8) is 0 Å². The normalized spacial score (nSPS) is 11.0. The lowest BCUT2D eigenvalue weighted by molar-refractivity contribution is 0.598. The number of rotatable bonds is 4. The number of aryl methyl sites for hydroxylation is 2. The predicted molar refractivity (Wildman–Crippen MR) is 92.1 cm³/mol. The Morgan fingerprint density at radius 2 is 2.10 bits per heavy atom. The van der Waals surface area contributed by atoms with E-state index in [4.69, 9.17) is 0 Å². The van der Waals surface area contributed by atoms with Crippen LogP contribution in [0.2, 0.25) is 0 Å². The molecule has 4 nitrogen and oxygen atoms in total. The van der Waals surface area contributed by atoms with Crippen molar-refractivity contribution >= 4 is 22.6 Å². The highest BCUT2D eigenvalue weighted by molar-refractivity contribution is 14.1. The summed E-state index contributed by atoms with van der Waals surface area (Å²) >= 11 is 2.33. The van der Waals surface area contributed by atoms with Gasteiger partial charge < -0.3 is 4.57 Å². The van der Waals surface area contributed by atoms with E-state index in [-0.39, 0.29) is 0 Å². The van der Waals surface area contributed by atoms with Crippen molar-refractivity contribution in [3.8, 4) is 11.4 Å². The molecule has 0 fully saturated rings. The minimum absolute atomic E-state index is 0.787. The molecule has 0 atom stereocenters. The van der Waals surface area contributed by atoms with Gasteiger partial charge in [0, 0.05) is 28.1 Å². The van der Waals surface area contributed by atoms with Crippen LogP contribution in [0, 0.1) is 10.5 Å². The zero-order valence-corrected chi connectivity index (χ0v) is 14.3. The molecule has 5 heteroatoms. The number of nitrogens with zero attached hydrogens (tertiary/aromatic N) is 4. The largest absolute Gasteiger partial charge is 0.325 e. The number of halogens is 1. The van der Waals surface area contributed by atoms with Gasteiger partial charge in [-0.3, -0.25) is 4.68 Å². The summed E-state index contributed by atoms with van der Waals surface area (Å²) in [6.45, 7) is 5.82. The van der Waals surface area contributed by atoms with Gasteiger partial charge in [-0.25, -0.2) is 4.98 Å². The number of hydrogen-bond donors (Lipinski definition) is 0. The smallest absolute Gasteiger partial charge is 0.140 e. The van der Waals surface area contributed by atoms with Gasteiger partial charge in [0.25, 0.3) is 0 Å². The molecule has 2 aromatic heterocycles. The van der Waals surface area contributed by atoms with E-state index in [1.165, 1.54) is 9.26 Å². The van der Waals surface area contributed by atoms with Gasteiger partial charge in [-0.15, -0.1) is 0 Å². The fourth-order valence-corrected chi connectivity index (χ4v) is 3.04. The molecular weight excluding hydrogens is 375 g/mol. The van der Waals surface area contributed by atoms with Gasteiger partial charge >= 0.3 is 0 Å². The maximum atomic E-state index is 4.52. The molecule has 108 valence electrons. The van der Waals surface area contributed by atoms with Crippen LogP contribution in [-0.2, 0) is 13.1 Å². The number of benzene rings is 1. The predicted octanol–water partition coefficient (Wildman–Crippen LogP) is 3.73. The Bertz CT molecular complexity index is 757. The van der Waals surface area contributed by atoms with Crippen LogP contribution < -0.4 is 0 Å². The lowest BCUT2D eigenvalue weighted by atomic mass is 10.2. The van der Waals surface area contributed by atoms with E-state index < -0.39 is 0 Å². The molecule has 0 saturated heterocycles. The number of hydrogen-bond acceptors (Lipinski definition) is 2. The maximum absolute atomic E-state index is 4.52. The molecule has 21 heavy (non-hydrogen) atoms. The third-order valence-corrected chi connectivity index (χ3v) is 4.09. The van der Waals surface area contributed by atoms with Crippen molar-refractivity contribution in [1.82, 2.24) is 19.3 Å². The van der Waals surface area contributed by atoms with Crippen molar-refractivity contribution in [3.05, 3.63) is 57.7 Å². The second-order valence-corrected chi connectivity index (χ2v) is 6.23. The first-order valence-corrected chi connectivity index (χ1v) is 8.05. The van der Waals surface area contributed by atoms with Crippen LogP contribution in [0.4, 0.5) is 0 Å². The van der Waals surface area contributed by atoms with Crippen LogP contribution >= 0.6 is 22.6 Å². The molecule has 0 bridgehead atoms. The highest BCUT2D eigenvalue weighted by Gasteiger charge is 2.10. The molecule has 0 aliphatic rings. The quantitative estimate of drug-likeness (QED) is 0.635. The van der Waals surface area contributed by atoms with Crippen LogP contribution in [0.3, 0.4) is 0 Å². The molecular formula is C16H17IN4. The molecule has 0 amide bonds. The molecule has 0 N–H and O–H groups in total.